The number of piperazine rings is 1. The van der Waals surface area contributed by atoms with Gasteiger partial charge < -0.3 is 10.2 Å². The van der Waals surface area contributed by atoms with Crippen LogP contribution in [-0.4, -0.2) is 50.7 Å². The molecule has 1 atom stereocenters. The molecule has 0 bridgehead atoms. The van der Waals surface area contributed by atoms with Crippen molar-refractivity contribution in [1.29, 1.82) is 0 Å². The van der Waals surface area contributed by atoms with Crippen molar-refractivity contribution in [3.05, 3.63) is 29.8 Å². The number of sulfone groups is 1. The highest BCUT2D eigenvalue weighted by molar-refractivity contribution is 7.91. The van der Waals surface area contributed by atoms with E-state index in [1.165, 1.54) is 0 Å². The van der Waals surface area contributed by atoms with Crippen LogP contribution in [0, 0.1) is 6.92 Å². The lowest BCUT2D eigenvalue weighted by molar-refractivity contribution is -0.131. The Kier molecular flexibility index (Phi) is 5.58. The predicted octanol–water partition coefficient (Wildman–Crippen LogP) is 1.37. The summed E-state index contributed by atoms with van der Waals surface area (Å²) in [5.74, 6) is -0.203. The second kappa shape index (κ2) is 7.24. The van der Waals surface area contributed by atoms with Gasteiger partial charge in [-0.3, -0.25) is 4.79 Å². The predicted molar refractivity (Wildman–Crippen MR) is 86.5 cm³/mol. The summed E-state index contributed by atoms with van der Waals surface area (Å²) in [5, 5.41) is 3.34. The van der Waals surface area contributed by atoms with E-state index in [4.69, 9.17) is 0 Å². The van der Waals surface area contributed by atoms with E-state index in [0.717, 1.165) is 18.5 Å². The third-order valence-corrected chi connectivity index (χ3v) is 5.80. The fourth-order valence-electron chi connectivity index (χ4n) is 2.57. The van der Waals surface area contributed by atoms with Gasteiger partial charge in [-0.25, -0.2) is 8.42 Å². The molecule has 1 N–H and O–H groups in total. The summed E-state index contributed by atoms with van der Waals surface area (Å²) >= 11 is 0. The van der Waals surface area contributed by atoms with Gasteiger partial charge in [0, 0.05) is 32.1 Å². The molecular weight excluding hydrogens is 300 g/mol. The van der Waals surface area contributed by atoms with Crippen molar-refractivity contribution in [2.45, 2.75) is 37.6 Å². The minimum Gasteiger partial charge on any atom is -0.340 e. The molecule has 1 fully saturated rings. The molecule has 1 amide bonds. The number of amides is 1. The minimum atomic E-state index is -3.39. The van der Waals surface area contributed by atoms with E-state index in [9.17, 15) is 13.2 Å². The van der Waals surface area contributed by atoms with Gasteiger partial charge in [-0.2, -0.15) is 0 Å². The highest BCUT2D eigenvalue weighted by atomic mass is 32.2. The number of hydrogen-bond donors (Lipinski definition) is 1. The SMILES string of the molecule is CCC1CN(C(=O)CCS(=O)(=O)c2ccc(C)cc2)CCN1. The topological polar surface area (TPSA) is 66.5 Å². The molecule has 5 nitrogen and oxygen atoms in total. The van der Waals surface area contributed by atoms with Crippen LogP contribution in [0.15, 0.2) is 29.2 Å². The molecule has 0 aliphatic carbocycles. The highest BCUT2D eigenvalue weighted by Crippen LogP contribution is 2.14. The van der Waals surface area contributed by atoms with Gasteiger partial charge >= 0.3 is 0 Å². The fourth-order valence-corrected chi connectivity index (χ4v) is 3.80. The maximum absolute atomic E-state index is 12.3. The molecule has 1 aliphatic heterocycles. The molecule has 0 aromatic heterocycles. The van der Waals surface area contributed by atoms with E-state index in [2.05, 4.69) is 12.2 Å². The normalized spacial score (nSPS) is 19.2. The number of aryl methyl sites for hydroxylation is 1. The lowest BCUT2D eigenvalue weighted by atomic mass is 10.1. The molecule has 122 valence electrons. The standard InChI is InChI=1S/C16H24N2O3S/c1-3-14-12-18(10-9-17-14)16(19)8-11-22(20,21)15-6-4-13(2)5-7-15/h4-7,14,17H,3,8-12H2,1-2H3. The van der Waals surface area contributed by atoms with Gasteiger partial charge in [0.25, 0.3) is 0 Å². The van der Waals surface area contributed by atoms with E-state index in [0.29, 0.717) is 19.1 Å². The zero-order chi connectivity index (χ0) is 16.2. The van der Waals surface area contributed by atoms with Crippen molar-refractivity contribution in [2.24, 2.45) is 0 Å². The maximum atomic E-state index is 12.3. The van der Waals surface area contributed by atoms with Crippen LogP contribution in [-0.2, 0) is 14.6 Å². The van der Waals surface area contributed by atoms with Gasteiger partial charge in [0.2, 0.25) is 5.91 Å². The zero-order valence-corrected chi connectivity index (χ0v) is 14.0. The quantitative estimate of drug-likeness (QED) is 0.888. The van der Waals surface area contributed by atoms with Crippen LogP contribution >= 0.6 is 0 Å². The maximum Gasteiger partial charge on any atom is 0.223 e. The first-order valence-electron chi connectivity index (χ1n) is 7.73. The molecule has 22 heavy (non-hydrogen) atoms. The second-order valence-electron chi connectivity index (χ2n) is 5.78. The Bertz CT molecular complexity index is 611. The molecule has 0 saturated carbocycles. The number of benzene rings is 1. The Morgan fingerprint density at radius 3 is 2.64 bits per heavy atom. The summed E-state index contributed by atoms with van der Waals surface area (Å²) in [7, 11) is -3.39. The molecule has 1 aliphatic rings. The van der Waals surface area contributed by atoms with Crippen LogP contribution in [0.1, 0.15) is 25.3 Å². The number of nitrogens with one attached hydrogen (secondary N) is 1. The average molecular weight is 324 g/mol. The molecule has 1 unspecified atom stereocenters. The zero-order valence-electron chi connectivity index (χ0n) is 13.2. The Morgan fingerprint density at radius 2 is 2.00 bits per heavy atom. The number of hydrogen-bond acceptors (Lipinski definition) is 4. The van der Waals surface area contributed by atoms with Crippen LogP contribution in [0.3, 0.4) is 0 Å². The Balaban J connectivity index is 1.94. The molecule has 0 radical (unpaired) electrons. The van der Waals surface area contributed by atoms with Crippen molar-refractivity contribution in [1.82, 2.24) is 10.2 Å². The molecule has 0 spiro atoms. The van der Waals surface area contributed by atoms with Crippen molar-refractivity contribution < 1.29 is 13.2 Å². The Labute approximate surface area is 132 Å². The third-order valence-electron chi connectivity index (χ3n) is 4.07. The first-order valence-corrected chi connectivity index (χ1v) is 9.38. The van der Waals surface area contributed by atoms with Gasteiger partial charge in [-0.05, 0) is 25.5 Å². The summed E-state index contributed by atoms with van der Waals surface area (Å²) in [4.78, 5) is 14.3. The second-order valence-corrected chi connectivity index (χ2v) is 7.89. The summed E-state index contributed by atoms with van der Waals surface area (Å²) in [6, 6.07) is 7.07. The molecule has 1 heterocycles. The molecule has 2 rings (SSSR count). The van der Waals surface area contributed by atoms with Gasteiger partial charge in [-0.15, -0.1) is 0 Å². The van der Waals surface area contributed by atoms with Crippen LogP contribution in [0.2, 0.25) is 0 Å². The van der Waals surface area contributed by atoms with Gasteiger partial charge in [0.05, 0.1) is 10.6 Å². The van der Waals surface area contributed by atoms with Crippen molar-refractivity contribution in [2.75, 3.05) is 25.4 Å². The van der Waals surface area contributed by atoms with Crippen LogP contribution in [0.25, 0.3) is 0 Å². The van der Waals surface area contributed by atoms with Crippen LogP contribution < -0.4 is 5.32 Å². The van der Waals surface area contributed by atoms with Gasteiger partial charge in [0.15, 0.2) is 9.84 Å². The fraction of sp³-hybridized carbons (Fsp3) is 0.562. The average Bonchev–Trinajstić information content (AvgIpc) is 2.53. The Hall–Kier alpha value is -1.40. The molecule has 6 heteroatoms. The number of rotatable bonds is 5. The van der Waals surface area contributed by atoms with Crippen molar-refractivity contribution in [3.8, 4) is 0 Å². The van der Waals surface area contributed by atoms with Crippen LogP contribution in [0.5, 0.6) is 0 Å². The van der Waals surface area contributed by atoms with Crippen LogP contribution in [0.4, 0.5) is 0 Å². The molecule has 1 saturated heterocycles. The molecular formula is C16H24N2O3S. The molecule has 1 aromatic carbocycles. The van der Waals surface area contributed by atoms with Gasteiger partial charge in [-0.1, -0.05) is 24.6 Å². The number of carbonyl (C=O) groups excluding carboxylic acids is 1. The van der Waals surface area contributed by atoms with Crippen molar-refractivity contribution in [3.63, 3.8) is 0 Å². The first kappa shape index (κ1) is 17.0. The van der Waals surface area contributed by atoms with E-state index < -0.39 is 9.84 Å². The van der Waals surface area contributed by atoms with Gasteiger partial charge in [0.1, 0.15) is 0 Å². The van der Waals surface area contributed by atoms with E-state index in [-0.39, 0.29) is 23.0 Å². The summed E-state index contributed by atoms with van der Waals surface area (Å²) in [6.45, 7) is 6.08. The highest BCUT2D eigenvalue weighted by Gasteiger charge is 2.24. The summed E-state index contributed by atoms with van der Waals surface area (Å²) in [5.41, 5.74) is 1.02. The number of carbonyl (C=O) groups is 1. The van der Waals surface area contributed by atoms with Crippen molar-refractivity contribution >= 4 is 15.7 Å². The number of nitrogens with zero attached hydrogens (tertiary/aromatic N) is 1. The summed E-state index contributed by atoms with van der Waals surface area (Å²) < 4.78 is 24.5. The van der Waals surface area contributed by atoms with E-state index in [1.54, 1.807) is 29.2 Å². The van der Waals surface area contributed by atoms with E-state index >= 15 is 0 Å². The molecule has 1 aromatic rings. The monoisotopic (exact) mass is 324 g/mol. The largest absolute Gasteiger partial charge is 0.340 e. The first-order chi connectivity index (χ1) is 10.4. The lowest BCUT2D eigenvalue weighted by Gasteiger charge is -2.33. The third kappa shape index (κ3) is 4.30. The Morgan fingerprint density at radius 1 is 1.32 bits per heavy atom. The summed E-state index contributed by atoms with van der Waals surface area (Å²) in [6.07, 6.45) is 1.01. The smallest absolute Gasteiger partial charge is 0.223 e. The minimum absolute atomic E-state index is 0.0483. The van der Waals surface area contributed by atoms with E-state index in [1.807, 2.05) is 6.92 Å². The lowest BCUT2D eigenvalue weighted by Crippen LogP contribution is -2.52.